The lowest BCUT2D eigenvalue weighted by molar-refractivity contribution is -0.118. The van der Waals surface area contributed by atoms with Crippen LogP contribution in [0.3, 0.4) is 0 Å². The molecule has 1 N–H and O–H groups in total. The van der Waals surface area contributed by atoms with Crippen LogP contribution in [0, 0.1) is 6.92 Å². The summed E-state index contributed by atoms with van der Waals surface area (Å²) in [5.41, 5.74) is -1.42. The third-order valence-electron chi connectivity index (χ3n) is 5.97. The lowest BCUT2D eigenvalue weighted by Gasteiger charge is -2.15. The van der Waals surface area contributed by atoms with Gasteiger partial charge in [-0.25, -0.2) is 19.3 Å². The lowest BCUT2D eigenvalue weighted by atomic mass is 10.2. The van der Waals surface area contributed by atoms with Gasteiger partial charge >= 0.3 is 5.69 Å². The van der Waals surface area contributed by atoms with E-state index in [1.54, 1.807) is 6.92 Å². The number of amides is 1. The molecule has 0 unspecified atom stereocenters. The van der Waals surface area contributed by atoms with E-state index in [-0.39, 0.29) is 40.8 Å². The number of carbonyl (C=O) groups is 1. The number of imidazole rings is 1. The summed E-state index contributed by atoms with van der Waals surface area (Å²) in [5.74, 6) is -3.28. The number of aromatic nitrogens is 10. The van der Waals surface area contributed by atoms with Gasteiger partial charge in [0.05, 0.1) is 31.1 Å². The molecular formula is C23H21F2N11O4. The van der Waals surface area contributed by atoms with Crippen molar-refractivity contribution < 1.29 is 18.1 Å². The molecule has 0 aliphatic rings. The van der Waals surface area contributed by atoms with E-state index >= 15 is 0 Å². The summed E-state index contributed by atoms with van der Waals surface area (Å²) in [5, 5.41) is 6.27. The van der Waals surface area contributed by atoms with Crippen LogP contribution in [-0.2, 0) is 24.3 Å². The first-order chi connectivity index (χ1) is 18.9. The molecule has 5 aromatic rings. The Morgan fingerprint density at radius 2 is 1.88 bits per heavy atom. The first-order valence-corrected chi connectivity index (χ1v) is 11.7. The first-order valence-electron chi connectivity index (χ1n) is 11.7. The average Bonchev–Trinajstić information content (AvgIpc) is 3.55. The highest BCUT2D eigenvalue weighted by atomic mass is 19.3. The summed E-state index contributed by atoms with van der Waals surface area (Å²) in [6.07, 6.45) is 5.97. The fraction of sp³-hybridized carbons (Fsp3) is 0.304. The molecular weight excluding hydrogens is 532 g/mol. The molecule has 15 nitrogen and oxygen atoms in total. The Kier molecular flexibility index (Phi) is 6.48. The van der Waals surface area contributed by atoms with Crippen LogP contribution >= 0.6 is 0 Å². The zero-order valence-electron chi connectivity index (χ0n) is 21.5. The Morgan fingerprint density at radius 3 is 2.52 bits per heavy atom. The minimum atomic E-state index is -3.15. The van der Waals surface area contributed by atoms with Crippen molar-refractivity contribution in [3.63, 3.8) is 0 Å². The van der Waals surface area contributed by atoms with Gasteiger partial charge < -0.3 is 14.4 Å². The number of nitrogens with one attached hydrogen (secondary N) is 1. The van der Waals surface area contributed by atoms with Gasteiger partial charge in [0.1, 0.15) is 29.7 Å². The number of halogens is 2. The van der Waals surface area contributed by atoms with Crippen LogP contribution < -0.4 is 16.6 Å². The second kappa shape index (κ2) is 9.83. The first kappa shape index (κ1) is 26.4. The monoisotopic (exact) mass is 553 g/mol. The molecule has 1 atom stereocenters. The predicted octanol–water partition coefficient (Wildman–Crippen LogP) is 1.19. The summed E-state index contributed by atoms with van der Waals surface area (Å²) in [6.45, 7) is 3.57. The Bertz CT molecular complexity index is 1850. The summed E-state index contributed by atoms with van der Waals surface area (Å²) in [4.78, 5) is 63.5. The molecule has 5 aromatic heterocycles. The smallest absolute Gasteiger partial charge is 0.332 e. The van der Waals surface area contributed by atoms with Crippen LogP contribution in [0.2, 0.25) is 0 Å². The molecule has 5 rings (SSSR count). The van der Waals surface area contributed by atoms with Gasteiger partial charge in [-0.05, 0) is 13.8 Å². The fourth-order valence-electron chi connectivity index (χ4n) is 3.86. The van der Waals surface area contributed by atoms with Gasteiger partial charge in [0.2, 0.25) is 11.8 Å². The quantitative estimate of drug-likeness (QED) is 0.306. The second-order valence-corrected chi connectivity index (χ2v) is 8.92. The molecule has 0 aromatic carbocycles. The van der Waals surface area contributed by atoms with Crippen LogP contribution in [0.15, 0.2) is 45.2 Å². The van der Waals surface area contributed by atoms with Gasteiger partial charge in [0.25, 0.3) is 11.5 Å². The van der Waals surface area contributed by atoms with Crippen molar-refractivity contribution in [3.05, 3.63) is 69.4 Å². The maximum absolute atomic E-state index is 13.4. The van der Waals surface area contributed by atoms with Crippen molar-refractivity contribution in [1.82, 2.24) is 48.8 Å². The van der Waals surface area contributed by atoms with Gasteiger partial charge in [0.15, 0.2) is 22.8 Å². The number of carbonyl (C=O) groups excluding carboxylic acids is 1. The summed E-state index contributed by atoms with van der Waals surface area (Å²) in [6, 6.07) is -0.981. The van der Waals surface area contributed by atoms with Crippen LogP contribution in [0.25, 0.3) is 22.6 Å². The minimum Gasteiger partial charge on any atom is -0.337 e. The van der Waals surface area contributed by atoms with E-state index in [4.69, 9.17) is 4.52 Å². The Morgan fingerprint density at radius 1 is 1.10 bits per heavy atom. The molecule has 0 radical (unpaired) electrons. The SMILES string of the molecule is Cc1noc(Cn2c(=O)c3c(ncn3[C@@H](C)C(=O)Nc3cncc(-c4cnc(C(C)(F)F)cn4)n3)n(C)c2=O)n1. The minimum absolute atomic E-state index is 0.00362. The molecule has 17 heteroatoms. The highest BCUT2D eigenvalue weighted by Crippen LogP contribution is 2.25. The van der Waals surface area contributed by atoms with Crippen molar-refractivity contribution in [2.45, 2.75) is 39.3 Å². The van der Waals surface area contributed by atoms with E-state index in [2.05, 4.69) is 40.4 Å². The molecule has 0 spiro atoms. The predicted molar refractivity (Wildman–Crippen MR) is 133 cm³/mol. The number of hydrogen-bond acceptors (Lipinski definition) is 11. The van der Waals surface area contributed by atoms with E-state index < -0.39 is 34.8 Å². The van der Waals surface area contributed by atoms with Gasteiger partial charge in [-0.2, -0.15) is 13.8 Å². The van der Waals surface area contributed by atoms with Crippen molar-refractivity contribution in [2.24, 2.45) is 7.05 Å². The molecule has 0 aliphatic carbocycles. The number of fused-ring (bicyclic) bond motifs is 1. The molecule has 0 saturated carbocycles. The fourth-order valence-corrected chi connectivity index (χ4v) is 3.86. The third-order valence-corrected chi connectivity index (χ3v) is 5.97. The summed E-state index contributed by atoms with van der Waals surface area (Å²) >= 11 is 0. The van der Waals surface area contributed by atoms with Gasteiger partial charge in [-0.15, -0.1) is 0 Å². The number of anilines is 1. The second-order valence-electron chi connectivity index (χ2n) is 8.92. The summed E-state index contributed by atoms with van der Waals surface area (Å²) < 4.78 is 35.3. The Labute approximate surface area is 222 Å². The lowest BCUT2D eigenvalue weighted by Crippen LogP contribution is -2.40. The highest BCUT2D eigenvalue weighted by Gasteiger charge is 2.27. The Balaban J connectivity index is 1.43. The van der Waals surface area contributed by atoms with E-state index in [0.29, 0.717) is 12.7 Å². The molecule has 0 aliphatic heterocycles. The molecule has 5 heterocycles. The van der Waals surface area contributed by atoms with E-state index in [9.17, 15) is 23.2 Å². The van der Waals surface area contributed by atoms with Crippen LogP contribution in [0.1, 0.15) is 37.3 Å². The molecule has 0 fully saturated rings. The van der Waals surface area contributed by atoms with Gasteiger partial charge in [-0.3, -0.25) is 29.1 Å². The maximum Gasteiger partial charge on any atom is 0.332 e. The van der Waals surface area contributed by atoms with E-state index in [1.165, 1.54) is 41.8 Å². The maximum atomic E-state index is 13.4. The molecule has 206 valence electrons. The largest absolute Gasteiger partial charge is 0.337 e. The molecule has 1 amide bonds. The molecule has 0 bridgehead atoms. The number of aryl methyl sites for hydroxylation is 2. The van der Waals surface area contributed by atoms with Crippen LogP contribution in [0.5, 0.6) is 0 Å². The van der Waals surface area contributed by atoms with Crippen molar-refractivity contribution in [2.75, 3.05) is 5.32 Å². The standard InChI is InChI=1S/C23H21F2N11O4/c1-11(20(37)32-16-8-26-5-14(31-16)13-6-28-15(7-27-13)23(3,24)25)36-10-29-19-18(36)21(38)35(22(39)34(19)4)9-17-30-12(2)33-40-17/h5-8,10-11H,9H2,1-4H3,(H,31,32,37)/t11-/m0/s1. The zero-order valence-corrected chi connectivity index (χ0v) is 21.5. The molecule has 0 saturated heterocycles. The normalized spacial score (nSPS) is 12.6. The van der Waals surface area contributed by atoms with Crippen LogP contribution in [-0.4, -0.2) is 54.7 Å². The van der Waals surface area contributed by atoms with Gasteiger partial charge in [0, 0.05) is 14.0 Å². The molecule has 40 heavy (non-hydrogen) atoms. The van der Waals surface area contributed by atoms with Crippen molar-refractivity contribution in [1.29, 1.82) is 0 Å². The summed E-state index contributed by atoms with van der Waals surface area (Å²) in [7, 11) is 1.44. The van der Waals surface area contributed by atoms with E-state index in [1.807, 2.05) is 0 Å². The average molecular weight is 553 g/mol. The van der Waals surface area contributed by atoms with Crippen molar-refractivity contribution in [3.8, 4) is 11.4 Å². The number of alkyl halides is 2. The number of hydrogen-bond donors (Lipinski definition) is 1. The number of rotatable bonds is 7. The number of nitrogens with zero attached hydrogens (tertiary/aromatic N) is 10. The third kappa shape index (κ3) is 4.83. The van der Waals surface area contributed by atoms with Crippen molar-refractivity contribution >= 4 is 22.9 Å². The van der Waals surface area contributed by atoms with Gasteiger partial charge in [-0.1, -0.05) is 5.16 Å². The topological polar surface area (TPSA) is 181 Å². The van der Waals surface area contributed by atoms with Crippen LogP contribution in [0.4, 0.5) is 14.6 Å². The zero-order chi connectivity index (χ0) is 28.8. The highest BCUT2D eigenvalue weighted by molar-refractivity contribution is 5.93. The van der Waals surface area contributed by atoms with E-state index in [0.717, 1.165) is 17.0 Å². The Hall–Kier alpha value is -5.22.